The standard InChI is InChI=1S/C20H18N6O2/c1-28-13-4-2-3-12(7-13)17-16-9-26(19(25)27)6-5-14(16)15(8-21)18(24)20(17,10-22)11-23/h2-5,7,15-17,24H,6,9H2,1H3,(H2,25,27)/t15-,16+,17-/m0/s1. The lowest BCUT2D eigenvalue weighted by Crippen LogP contribution is -2.54. The van der Waals surface area contributed by atoms with Gasteiger partial charge in [0.25, 0.3) is 0 Å². The van der Waals surface area contributed by atoms with Crippen molar-refractivity contribution in [1.29, 1.82) is 21.2 Å². The molecule has 1 aliphatic carbocycles. The number of nitrogens with two attached hydrogens (primary N) is 1. The van der Waals surface area contributed by atoms with Crippen molar-refractivity contribution in [2.24, 2.45) is 23.0 Å². The summed E-state index contributed by atoms with van der Waals surface area (Å²) in [4.78, 5) is 13.2. The second-order valence-electron chi connectivity index (χ2n) is 6.82. The summed E-state index contributed by atoms with van der Waals surface area (Å²) < 4.78 is 5.27. The first-order chi connectivity index (χ1) is 13.4. The SMILES string of the molecule is COc1cccc([C@H]2[C@@H]3CN(C(N)=O)CC=C3[C@H](C#N)C(=N)C2(C#N)C#N)c1. The molecule has 1 aromatic carbocycles. The van der Waals surface area contributed by atoms with Gasteiger partial charge in [-0.05, 0) is 23.3 Å². The minimum atomic E-state index is -1.84. The van der Waals surface area contributed by atoms with Gasteiger partial charge in [-0.3, -0.25) is 0 Å². The van der Waals surface area contributed by atoms with Gasteiger partial charge >= 0.3 is 6.03 Å². The molecule has 0 unspecified atom stereocenters. The Morgan fingerprint density at radius 1 is 1.36 bits per heavy atom. The smallest absolute Gasteiger partial charge is 0.315 e. The Kier molecular flexibility index (Phi) is 4.78. The molecule has 8 nitrogen and oxygen atoms in total. The van der Waals surface area contributed by atoms with Crippen LogP contribution in [0.25, 0.3) is 0 Å². The second kappa shape index (κ2) is 7.06. The van der Waals surface area contributed by atoms with Crippen molar-refractivity contribution >= 4 is 11.7 Å². The van der Waals surface area contributed by atoms with Gasteiger partial charge in [0, 0.05) is 24.9 Å². The fraction of sp³-hybridized carbons (Fsp3) is 0.350. The van der Waals surface area contributed by atoms with E-state index in [-0.39, 0.29) is 18.8 Å². The molecule has 3 atom stereocenters. The predicted molar refractivity (Wildman–Crippen MR) is 99.0 cm³/mol. The third-order valence-electron chi connectivity index (χ3n) is 5.55. The molecule has 2 aliphatic rings. The first kappa shape index (κ1) is 18.9. The molecule has 2 amide bonds. The first-order valence-corrected chi connectivity index (χ1v) is 8.62. The molecule has 0 spiro atoms. The first-order valence-electron chi connectivity index (χ1n) is 8.62. The van der Waals surface area contributed by atoms with Crippen LogP contribution in [0, 0.1) is 56.7 Å². The Balaban J connectivity index is 2.26. The Morgan fingerprint density at radius 2 is 2.07 bits per heavy atom. The molecule has 1 aliphatic heterocycles. The molecule has 8 heteroatoms. The predicted octanol–water partition coefficient (Wildman–Crippen LogP) is 1.92. The van der Waals surface area contributed by atoms with E-state index in [1.54, 1.807) is 30.3 Å². The number of methoxy groups -OCH3 is 1. The van der Waals surface area contributed by atoms with Crippen LogP contribution in [-0.2, 0) is 0 Å². The average molecular weight is 374 g/mol. The Morgan fingerprint density at radius 3 is 2.64 bits per heavy atom. The molecule has 3 N–H and O–H groups in total. The molecule has 0 saturated heterocycles. The number of benzene rings is 1. The number of nitrogens with zero attached hydrogens (tertiary/aromatic N) is 4. The number of nitrogens with one attached hydrogen (secondary N) is 1. The third kappa shape index (κ3) is 2.66. The van der Waals surface area contributed by atoms with Gasteiger partial charge < -0.3 is 20.8 Å². The van der Waals surface area contributed by atoms with E-state index in [4.69, 9.17) is 15.9 Å². The zero-order valence-electron chi connectivity index (χ0n) is 15.2. The van der Waals surface area contributed by atoms with E-state index >= 15 is 0 Å². The minimum Gasteiger partial charge on any atom is -0.497 e. The third-order valence-corrected chi connectivity index (χ3v) is 5.55. The van der Waals surface area contributed by atoms with Gasteiger partial charge in [0.1, 0.15) is 11.7 Å². The van der Waals surface area contributed by atoms with Crippen LogP contribution >= 0.6 is 0 Å². The fourth-order valence-electron chi connectivity index (χ4n) is 4.20. The molecule has 0 radical (unpaired) electrons. The number of amides is 2. The van der Waals surface area contributed by atoms with Gasteiger partial charge in [-0.1, -0.05) is 18.2 Å². The summed E-state index contributed by atoms with van der Waals surface area (Å²) in [5.74, 6) is -1.68. The zero-order valence-corrected chi connectivity index (χ0v) is 15.2. The highest BCUT2D eigenvalue weighted by Gasteiger charge is 2.58. The quantitative estimate of drug-likeness (QED) is 0.758. The summed E-state index contributed by atoms with van der Waals surface area (Å²) >= 11 is 0. The van der Waals surface area contributed by atoms with Gasteiger partial charge in [-0.25, -0.2) is 4.79 Å². The summed E-state index contributed by atoms with van der Waals surface area (Å²) in [5, 5.41) is 38.1. The molecule has 28 heavy (non-hydrogen) atoms. The fourth-order valence-corrected chi connectivity index (χ4v) is 4.20. The van der Waals surface area contributed by atoms with Gasteiger partial charge in [-0.15, -0.1) is 0 Å². The Labute approximate surface area is 162 Å². The maximum Gasteiger partial charge on any atom is 0.315 e. The van der Waals surface area contributed by atoms with Crippen LogP contribution in [0.4, 0.5) is 4.79 Å². The highest BCUT2D eigenvalue weighted by Crippen LogP contribution is 2.53. The van der Waals surface area contributed by atoms with Gasteiger partial charge in [-0.2, -0.15) is 15.8 Å². The lowest BCUT2D eigenvalue weighted by atomic mass is 9.54. The van der Waals surface area contributed by atoms with Crippen molar-refractivity contribution in [2.75, 3.05) is 20.2 Å². The number of ether oxygens (including phenoxy) is 1. The number of carbonyl (C=O) groups is 1. The summed E-state index contributed by atoms with van der Waals surface area (Å²) in [5.41, 5.74) is 4.66. The summed E-state index contributed by atoms with van der Waals surface area (Å²) in [6, 6.07) is 12.4. The van der Waals surface area contributed by atoms with E-state index in [0.717, 1.165) is 0 Å². The van der Waals surface area contributed by atoms with Crippen LogP contribution in [0.15, 0.2) is 35.9 Å². The van der Waals surface area contributed by atoms with Crippen molar-refractivity contribution in [3.05, 3.63) is 41.5 Å². The number of hydrogen-bond donors (Lipinski definition) is 2. The lowest BCUT2D eigenvalue weighted by Gasteiger charge is -2.47. The average Bonchev–Trinajstić information content (AvgIpc) is 2.72. The van der Waals surface area contributed by atoms with E-state index in [0.29, 0.717) is 16.9 Å². The van der Waals surface area contributed by atoms with Gasteiger partial charge in [0.05, 0.1) is 31.0 Å². The highest BCUT2D eigenvalue weighted by atomic mass is 16.5. The maximum atomic E-state index is 11.7. The molecular weight excluding hydrogens is 356 g/mol. The van der Waals surface area contributed by atoms with Crippen LogP contribution in [0.1, 0.15) is 11.5 Å². The van der Waals surface area contributed by atoms with Crippen molar-refractivity contribution in [3.63, 3.8) is 0 Å². The number of carbonyl (C=O) groups excluding carboxylic acids is 1. The number of hydrogen-bond acceptors (Lipinski definition) is 6. The topological polar surface area (TPSA) is 151 Å². The summed E-state index contributed by atoms with van der Waals surface area (Å²) in [6.07, 6.45) is 1.72. The van der Waals surface area contributed by atoms with Crippen LogP contribution in [0.5, 0.6) is 5.75 Å². The van der Waals surface area contributed by atoms with Crippen LogP contribution in [0.3, 0.4) is 0 Å². The van der Waals surface area contributed by atoms with E-state index < -0.39 is 29.2 Å². The van der Waals surface area contributed by atoms with Crippen molar-refractivity contribution in [1.82, 2.24) is 4.90 Å². The van der Waals surface area contributed by atoms with Crippen molar-refractivity contribution < 1.29 is 9.53 Å². The molecule has 1 aromatic rings. The molecule has 0 bridgehead atoms. The zero-order chi connectivity index (χ0) is 20.5. The van der Waals surface area contributed by atoms with E-state index in [1.165, 1.54) is 12.0 Å². The number of fused-ring (bicyclic) bond motifs is 1. The second-order valence-corrected chi connectivity index (χ2v) is 6.82. The number of rotatable bonds is 2. The largest absolute Gasteiger partial charge is 0.497 e. The molecule has 3 rings (SSSR count). The lowest BCUT2D eigenvalue weighted by molar-refractivity contribution is 0.189. The van der Waals surface area contributed by atoms with Crippen LogP contribution < -0.4 is 10.5 Å². The number of primary amides is 1. The Bertz CT molecular complexity index is 979. The summed E-state index contributed by atoms with van der Waals surface area (Å²) in [6.45, 7) is 0.392. The van der Waals surface area contributed by atoms with Gasteiger partial charge in [0.2, 0.25) is 0 Å². The normalized spacial score (nSPS) is 25.4. The minimum absolute atomic E-state index is 0.166. The number of nitriles is 3. The molecule has 140 valence electrons. The molecule has 1 saturated carbocycles. The molecule has 1 heterocycles. The van der Waals surface area contributed by atoms with E-state index in [2.05, 4.69) is 6.07 Å². The summed E-state index contributed by atoms with van der Waals surface area (Å²) in [7, 11) is 1.51. The molecular formula is C20H18N6O2. The monoisotopic (exact) mass is 374 g/mol. The Hall–Kier alpha value is -3.83. The van der Waals surface area contributed by atoms with Crippen LogP contribution in [0.2, 0.25) is 0 Å². The van der Waals surface area contributed by atoms with Crippen molar-refractivity contribution in [2.45, 2.75) is 5.92 Å². The molecule has 1 fully saturated rings. The maximum absolute atomic E-state index is 11.7. The van der Waals surface area contributed by atoms with E-state index in [9.17, 15) is 20.6 Å². The van der Waals surface area contributed by atoms with Crippen LogP contribution in [-0.4, -0.2) is 36.8 Å². The molecule has 0 aromatic heterocycles. The van der Waals surface area contributed by atoms with E-state index in [1.807, 2.05) is 12.1 Å². The highest BCUT2D eigenvalue weighted by molar-refractivity contribution is 6.01. The van der Waals surface area contributed by atoms with Crippen molar-refractivity contribution in [3.8, 4) is 24.0 Å². The number of urea groups is 1. The van der Waals surface area contributed by atoms with Gasteiger partial charge in [0.15, 0.2) is 5.41 Å².